The molecule has 0 aromatic rings. The molecule has 0 aromatic carbocycles. The Hall–Kier alpha value is -2.44. The average Bonchev–Trinajstić information content (AvgIpc) is 3.23. The van der Waals surface area contributed by atoms with Crippen molar-refractivity contribution >= 4 is 11.9 Å². The molecule has 0 saturated heterocycles. The molecular weight excluding hydrogens is 731 g/mol. The van der Waals surface area contributed by atoms with E-state index in [-0.39, 0.29) is 24.9 Å². The molecule has 0 heterocycles. The Bertz CT molecular complexity index is 1060. The second-order valence-electron chi connectivity index (χ2n) is 16.8. The van der Waals surface area contributed by atoms with E-state index >= 15 is 0 Å². The van der Waals surface area contributed by atoms with Gasteiger partial charge in [-0.15, -0.1) is 0 Å². The van der Waals surface area contributed by atoms with Gasteiger partial charge in [0.25, 0.3) is 0 Å². The summed E-state index contributed by atoms with van der Waals surface area (Å²) in [6.45, 7) is 6.34. The Labute approximate surface area is 365 Å². The zero-order valence-electron chi connectivity index (χ0n) is 38.9. The molecule has 6 nitrogen and oxygen atoms in total. The normalized spacial score (nSPS) is 13.8. The molecule has 3 N–H and O–H groups in total. The molecule has 342 valence electrons. The van der Waals surface area contributed by atoms with Crippen LogP contribution in [-0.2, 0) is 14.3 Å². The first-order chi connectivity index (χ1) is 29.0. The van der Waals surface area contributed by atoms with E-state index < -0.39 is 18.2 Å². The average molecular weight is 826 g/mol. The third kappa shape index (κ3) is 42.1. The molecule has 0 aliphatic rings. The predicted octanol–water partition coefficient (Wildman–Crippen LogP) is 14.8. The summed E-state index contributed by atoms with van der Waals surface area (Å²) in [4.78, 5) is 26.1. The quantitative estimate of drug-likeness (QED) is 0.0323. The second kappa shape index (κ2) is 46.6. The van der Waals surface area contributed by atoms with Crippen LogP contribution in [0.2, 0.25) is 0 Å². The minimum Gasteiger partial charge on any atom is -0.462 e. The molecule has 6 heteroatoms. The van der Waals surface area contributed by atoms with Gasteiger partial charge in [0.15, 0.2) is 0 Å². The largest absolute Gasteiger partial charge is 0.462 e. The van der Waals surface area contributed by atoms with E-state index in [4.69, 9.17) is 4.74 Å². The van der Waals surface area contributed by atoms with E-state index in [9.17, 15) is 19.8 Å². The van der Waals surface area contributed by atoms with Gasteiger partial charge in [-0.25, -0.2) is 0 Å². The minimum absolute atomic E-state index is 0.0578. The maximum Gasteiger partial charge on any atom is 0.306 e. The molecular formula is C53H95NO5. The first kappa shape index (κ1) is 56.6. The standard InChI is InChI=1S/C53H95NO5/c1-4-7-10-13-16-19-22-24-25-26-28-31-34-37-40-43-46-53(58)59-49(44-41-38-35-32-30-27-23-20-17-14-11-8-5-2)47-52(57)54-50(48-55)51(56)45-42-39-36-33-29-21-18-15-12-9-6-3/h7,10,16,19-20,23-25,28,31,49-51,55-56H,4-6,8-9,11-15,17-18,21-22,26-27,29-30,32-48H2,1-3H3,(H,54,57)/b10-7+,19-16+,23-20-,25-24+,31-28+. The molecule has 1 amide bonds. The lowest BCUT2D eigenvalue weighted by Gasteiger charge is -2.24. The van der Waals surface area contributed by atoms with Crippen LogP contribution >= 0.6 is 0 Å². The van der Waals surface area contributed by atoms with Gasteiger partial charge >= 0.3 is 5.97 Å². The number of rotatable bonds is 44. The van der Waals surface area contributed by atoms with Crippen molar-refractivity contribution in [1.82, 2.24) is 5.32 Å². The molecule has 3 atom stereocenters. The highest BCUT2D eigenvalue weighted by atomic mass is 16.5. The van der Waals surface area contributed by atoms with Crippen LogP contribution in [-0.4, -0.2) is 46.9 Å². The van der Waals surface area contributed by atoms with Crippen LogP contribution in [0, 0.1) is 0 Å². The van der Waals surface area contributed by atoms with Gasteiger partial charge in [0.1, 0.15) is 6.10 Å². The highest BCUT2D eigenvalue weighted by molar-refractivity contribution is 5.77. The van der Waals surface area contributed by atoms with Crippen LogP contribution < -0.4 is 5.32 Å². The van der Waals surface area contributed by atoms with Crippen molar-refractivity contribution in [3.8, 4) is 0 Å². The molecule has 0 aliphatic carbocycles. The molecule has 0 rings (SSSR count). The SMILES string of the molecule is CC/C=C/C/C=C/C/C=C/C/C=C/CCCCCC(=O)OC(CCCCCCC/C=C\CCCCCC)CC(=O)NC(CO)C(O)CCCCCCCCCCCCC. The maximum atomic E-state index is 13.2. The number of aliphatic hydroxyl groups is 2. The number of hydrogen-bond acceptors (Lipinski definition) is 5. The van der Waals surface area contributed by atoms with Crippen LogP contribution in [0.5, 0.6) is 0 Å². The van der Waals surface area contributed by atoms with Gasteiger partial charge in [-0.2, -0.15) is 0 Å². The van der Waals surface area contributed by atoms with E-state index in [1.165, 1.54) is 96.3 Å². The number of unbranched alkanes of at least 4 members (excludes halogenated alkanes) is 22. The number of carbonyl (C=O) groups excluding carboxylic acids is 2. The third-order valence-electron chi connectivity index (χ3n) is 11.1. The third-order valence-corrected chi connectivity index (χ3v) is 11.1. The maximum absolute atomic E-state index is 13.2. The summed E-state index contributed by atoms with van der Waals surface area (Å²) in [6, 6.07) is -0.711. The fourth-order valence-corrected chi connectivity index (χ4v) is 7.30. The molecule has 3 unspecified atom stereocenters. The summed E-state index contributed by atoms with van der Waals surface area (Å²) in [5.74, 6) is -0.519. The summed E-state index contributed by atoms with van der Waals surface area (Å²) in [5.41, 5.74) is 0. The van der Waals surface area contributed by atoms with Crippen molar-refractivity contribution in [1.29, 1.82) is 0 Å². The van der Waals surface area contributed by atoms with Gasteiger partial charge in [-0.1, -0.05) is 197 Å². The first-order valence-corrected chi connectivity index (χ1v) is 25.0. The Balaban J connectivity index is 4.65. The number of amides is 1. The van der Waals surface area contributed by atoms with Gasteiger partial charge in [-0.3, -0.25) is 9.59 Å². The smallest absolute Gasteiger partial charge is 0.306 e. The Morgan fingerprint density at radius 3 is 1.42 bits per heavy atom. The van der Waals surface area contributed by atoms with Crippen LogP contribution in [0.15, 0.2) is 60.8 Å². The van der Waals surface area contributed by atoms with Gasteiger partial charge in [0.2, 0.25) is 5.91 Å². The number of ether oxygens (including phenoxy) is 1. The van der Waals surface area contributed by atoms with Gasteiger partial charge in [-0.05, 0) is 89.9 Å². The van der Waals surface area contributed by atoms with Crippen molar-refractivity contribution < 1.29 is 24.5 Å². The van der Waals surface area contributed by atoms with Crippen molar-refractivity contribution in [2.24, 2.45) is 0 Å². The van der Waals surface area contributed by atoms with Crippen LogP contribution in [0.1, 0.15) is 239 Å². The van der Waals surface area contributed by atoms with Gasteiger partial charge in [0, 0.05) is 6.42 Å². The fraction of sp³-hybridized carbons (Fsp3) is 0.774. The van der Waals surface area contributed by atoms with Crippen LogP contribution in [0.3, 0.4) is 0 Å². The van der Waals surface area contributed by atoms with Crippen molar-refractivity contribution in [3.63, 3.8) is 0 Å². The molecule has 0 aliphatic heterocycles. The lowest BCUT2D eigenvalue weighted by Crippen LogP contribution is -2.46. The van der Waals surface area contributed by atoms with E-state index in [0.717, 1.165) is 96.3 Å². The number of carbonyl (C=O) groups is 2. The fourth-order valence-electron chi connectivity index (χ4n) is 7.30. The molecule has 59 heavy (non-hydrogen) atoms. The van der Waals surface area contributed by atoms with E-state index in [1.54, 1.807) is 0 Å². The first-order valence-electron chi connectivity index (χ1n) is 25.0. The molecule has 0 bridgehead atoms. The molecule has 0 spiro atoms. The summed E-state index contributed by atoms with van der Waals surface area (Å²) in [7, 11) is 0. The predicted molar refractivity (Wildman–Crippen MR) is 255 cm³/mol. The number of hydrogen-bond donors (Lipinski definition) is 3. The van der Waals surface area contributed by atoms with E-state index in [0.29, 0.717) is 19.3 Å². The number of nitrogens with one attached hydrogen (secondary N) is 1. The summed E-state index contributed by atoms with van der Waals surface area (Å²) in [6.07, 6.45) is 57.0. The van der Waals surface area contributed by atoms with Gasteiger partial charge < -0.3 is 20.3 Å². The Morgan fingerprint density at radius 2 is 0.915 bits per heavy atom. The van der Waals surface area contributed by atoms with Gasteiger partial charge in [0.05, 0.1) is 25.2 Å². The van der Waals surface area contributed by atoms with Crippen LogP contribution in [0.25, 0.3) is 0 Å². The zero-order valence-corrected chi connectivity index (χ0v) is 38.9. The van der Waals surface area contributed by atoms with Crippen molar-refractivity contribution in [2.75, 3.05) is 6.61 Å². The number of aliphatic hydroxyl groups excluding tert-OH is 2. The Kier molecular flexibility index (Phi) is 44.7. The molecule has 0 radical (unpaired) electrons. The lowest BCUT2D eigenvalue weighted by atomic mass is 10.0. The van der Waals surface area contributed by atoms with Crippen LogP contribution in [0.4, 0.5) is 0 Å². The topological polar surface area (TPSA) is 95.9 Å². The summed E-state index contributed by atoms with van der Waals surface area (Å²) in [5, 5.41) is 23.7. The molecule has 0 aromatic heterocycles. The zero-order chi connectivity index (χ0) is 43.1. The molecule has 0 fully saturated rings. The minimum atomic E-state index is -0.795. The summed E-state index contributed by atoms with van der Waals surface area (Å²) >= 11 is 0. The Morgan fingerprint density at radius 1 is 0.508 bits per heavy atom. The highest BCUT2D eigenvalue weighted by Gasteiger charge is 2.24. The monoisotopic (exact) mass is 826 g/mol. The van der Waals surface area contributed by atoms with Crippen molar-refractivity contribution in [2.45, 2.75) is 257 Å². The lowest BCUT2D eigenvalue weighted by molar-refractivity contribution is -0.151. The van der Waals surface area contributed by atoms with E-state index in [1.807, 2.05) is 0 Å². The second-order valence-corrected chi connectivity index (χ2v) is 16.8. The highest BCUT2D eigenvalue weighted by Crippen LogP contribution is 2.17. The number of allylic oxidation sites excluding steroid dienone is 10. The molecule has 0 saturated carbocycles. The van der Waals surface area contributed by atoms with E-state index in [2.05, 4.69) is 86.8 Å². The van der Waals surface area contributed by atoms with Crippen molar-refractivity contribution in [3.05, 3.63) is 60.8 Å². The summed E-state index contributed by atoms with van der Waals surface area (Å²) < 4.78 is 5.91. The number of esters is 1.